The Morgan fingerprint density at radius 2 is 1.74 bits per heavy atom. The number of nitrogens with one attached hydrogen (secondary N) is 2. The molecule has 8 heteroatoms. The van der Waals surface area contributed by atoms with Gasteiger partial charge in [-0.05, 0) is 50.3 Å². The Morgan fingerprint density at radius 1 is 1.08 bits per heavy atom. The average Bonchev–Trinajstić information content (AvgIpc) is 2.91. The molecule has 0 radical (unpaired) electrons. The molecule has 39 heavy (non-hydrogen) atoms. The van der Waals surface area contributed by atoms with Gasteiger partial charge in [-0.2, -0.15) is 0 Å². The summed E-state index contributed by atoms with van der Waals surface area (Å²) in [4.78, 5) is 38.6. The number of anilines is 1. The lowest BCUT2D eigenvalue weighted by molar-refractivity contribution is -0.137. The number of hydrogen-bond acceptors (Lipinski definition) is 4. The van der Waals surface area contributed by atoms with Gasteiger partial charge < -0.3 is 20.3 Å². The molecule has 0 bridgehead atoms. The minimum absolute atomic E-state index is 0.0143. The van der Waals surface area contributed by atoms with Gasteiger partial charge in [0.2, 0.25) is 5.43 Å². The zero-order valence-electron chi connectivity index (χ0n) is 22.9. The summed E-state index contributed by atoms with van der Waals surface area (Å²) in [5.74, 6) is -2.28. The van der Waals surface area contributed by atoms with E-state index in [4.69, 9.17) is 0 Å². The van der Waals surface area contributed by atoms with Crippen molar-refractivity contribution in [2.24, 2.45) is 0 Å². The fraction of sp³-hybridized carbons (Fsp3) is 0.452. The van der Waals surface area contributed by atoms with Gasteiger partial charge in [-0.25, -0.2) is 4.39 Å². The molecular formula is C31H38FN3O4. The summed E-state index contributed by atoms with van der Waals surface area (Å²) in [6.45, 7) is 5.98. The van der Waals surface area contributed by atoms with Crippen molar-refractivity contribution in [1.82, 2.24) is 9.88 Å². The number of nitrogens with zero attached hydrogens (tertiary/aromatic N) is 1. The zero-order valence-corrected chi connectivity index (χ0v) is 22.9. The Bertz CT molecular complexity index is 1390. The molecule has 4 rings (SSSR count). The van der Waals surface area contributed by atoms with Crippen LogP contribution in [0, 0.1) is 12.7 Å². The largest absolute Gasteiger partial charge is 0.481 e. The molecule has 1 aliphatic carbocycles. The topological polar surface area (TPSA) is 100 Å². The molecule has 0 spiro atoms. The first-order chi connectivity index (χ1) is 18.7. The SMILES string of the molecule is CCC(CC)n1cc(C(=O)NC(CC(=O)O)c2ccc(C)cc2)c(=O)c2cc(F)c(NC3CCCCC3)cc21. The van der Waals surface area contributed by atoms with E-state index in [0.29, 0.717) is 16.8 Å². The van der Waals surface area contributed by atoms with Crippen molar-refractivity contribution in [3.63, 3.8) is 0 Å². The maximum atomic E-state index is 15.3. The molecule has 1 unspecified atom stereocenters. The summed E-state index contributed by atoms with van der Waals surface area (Å²) in [6, 6.07) is 9.49. The Morgan fingerprint density at radius 3 is 2.36 bits per heavy atom. The summed E-state index contributed by atoms with van der Waals surface area (Å²) >= 11 is 0. The van der Waals surface area contributed by atoms with Gasteiger partial charge >= 0.3 is 5.97 Å². The Balaban J connectivity index is 1.77. The number of carboxylic acids is 1. The minimum Gasteiger partial charge on any atom is -0.481 e. The second kappa shape index (κ2) is 12.5. The molecule has 7 nitrogen and oxygen atoms in total. The quantitative estimate of drug-likeness (QED) is 0.275. The molecule has 1 heterocycles. The lowest BCUT2D eigenvalue weighted by atomic mass is 9.95. The van der Waals surface area contributed by atoms with Gasteiger partial charge in [-0.1, -0.05) is 62.9 Å². The van der Waals surface area contributed by atoms with E-state index in [1.165, 1.54) is 12.5 Å². The number of aliphatic carboxylic acids is 1. The third-order valence-electron chi connectivity index (χ3n) is 7.83. The van der Waals surface area contributed by atoms with Crippen LogP contribution in [0.1, 0.15) is 98.8 Å². The lowest BCUT2D eigenvalue weighted by Gasteiger charge is -2.26. The highest BCUT2D eigenvalue weighted by molar-refractivity contribution is 5.98. The van der Waals surface area contributed by atoms with Crippen LogP contribution in [0.4, 0.5) is 10.1 Å². The number of halogens is 1. The number of benzene rings is 2. The van der Waals surface area contributed by atoms with Crippen molar-refractivity contribution in [3.05, 3.63) is 75.3 Å². The van der Waals surface area contributed by atoms with Crippen LogP contribution < -0.4 is 16.1 Å². The number of amides is 1. The number of carboxylic acid groups (broad SMARTS) is 1. The Labute approximate surface area is 228 Å². The molecular weight excluding hydrogens is 497 g/mol. The van der Waals surface area contributed by atoms with E-state index >= 15 is 4.39 Å². The summed E-state index contributed by atoms with van der Waals surface area (Å²) in [6.07, 6.45) is 8.08. The Kier molecular flexibility index (Phi) is 9.04. The van der Waals surface area contributed by atoms with E-state index < -0.39 is 29.2 Å². The van der Waals surface area contributed by atoms with E-state index in [-0.39, 0.29) is 29.5 Å². The van der Waals surface area contributed by atoms with Gasteiger partial charge in [0.25, 0.3) is 5.91 Å². The summed E-state index contributed by atoms with van der Waals surface area (Å²) in [5.41, 5.74) is 1.86. The molecule has 1 amide bonds. The number of hydrogen-bond donors (Lipinski definition) is 3. The van der Waals surface area contributed by atoms with E-state index in [2.05, 4.69) is 10.6 Å². The van der Waals surface area contributed by atoms with Crippen molar-refractivity contribution in [3.8, 4) is 0 Å². The Hall–Kier alpha value is -3.68. The molecule has 0 saturated heterocycles. The maximum absolute atomic E-state index is 15.3. The van der Waals surface area contributed by atoms with Gasteiger partial charge in [0.15, 0.2) is 0 Å². The van der Waals surface area contributed by atoms with E-state index in [9.17, 15) is 19.5 Å². The van der Waals surface area contributed by atoms with Crippen LogP contribution in [0.3, 0.4) is 0 Å². The smallest absolute Gasteiger partial charge is 0.305 e. The molecule has 1 fully saturated rings. The average molecular weight is 536 g/mol. The molecule has 3 N–H and O–H groups in total. The third-order valence-corrected chi connectivity index (χ3v) is 7.83. The van der Waals surface area contributed by atoms with Crippen molar-refractivity contribution >= 4 is 28.5 Å². The van der Waals surface area contributed by atoms with Gasteiger partial charge in [-0.15, -0.1) is 0 Å². The second-order valence-corrected chi connectivity index (χ2v) is 10.6. The summed E-state index contributed by atoms with van der Waals surface area (Å²) in [5, 5.41) is 15.7. The molecule has 0 aliphatic heterocycles. The number of rotatable bonds is 10. The lowest BCUT2D eigenvalue weighted by Crippen LogP contribution is -2.34. The molecule has 208 valence electrons. The molecule has 2 aromatic carbocycles. The highest BCUT2D eigenvalue weighted by atomic mass is 19.1. The van der Waals surface area contributed by atoms with Crippen LogP contribution in [-0.4, -0.2) is 27.6 Å². The molecule has 1 atom stereocenters. The number of fused-ring (bicyclic) bond motifs is 1. The van der Waals surface area contributed by atoms with Gasteiger partial charge in [0, 0.05) is 23.7 Å². The van der Waals surface area contributed by atoms with Crippen molar-refractivity contribution in [2.75, 3.05) is 5.32 Å². The second-order valence-electron chi connectivity index (χ2n) is 10.6. The van der Waals surface area contributed by atoms with Crippen LogP contribution in [-0.2, 0) is 4.79 Å². The first kappa shape index (κ1) is 28.3. The van der Waals surface area contributed by atoms with Crippen molar-refractivity contribution in [2.45, 2.75) is 90.3 Å². The first-order valence-corrected chi connectivity index (χ1v) is 14.0. The van der Waals surface area contributed by atoms with Crippen LogP contribution >= 0.6 is 0 Å². The van der Waals surface area contributed by atoms with Crippen LogP contribution in [0.25, 0.3) is 10.9 Å². The predicted octanol–water partition coefficient (Wildman–Crippen LogP) is 6.50. The number of aromatic nitrogens is 1. The van der Waals surface area contributed by atoms with Crippen molar-refractivity contribution < 1.29 is 19.1 Å². The third kappa shape index (κ3) is 6.49. The highest BCUT2D eigenvalue weighted by Gasteiger charge is 2.24. The van der Waals surface area contributed by atoms with Crippen LogP contribution in [0.5, 0.6) is 0 Å². The first-order valence-electron chi connectivity index (χ1n) is 14.0. The van der Waals surface area contributed by atoms with E-state index in [1.807, 2.05) is 37.5 Å². The van der Waals surface area contributed by atoms with Gasteiger partial charge in [0.05, 0.1) is 23.7 Å². The van der Waals surface area contributed by atoms with Crippen LogP contribution in [0.15, 0.2) is 47.4 Å². The normalized spacial score (nSPS) is 14.9. The number of carbonyl (C=O) groups is 2. The monoisotopic (exact) mass is 535 g/mol. The molecule has 1 aromatic heterocycles. The fourth-order valence-corrected chi connectivity index (χ4v) is 5.55. The van der Waals surface area contributed by atoms with E-state index in [0.717, 1.165) is 44.1 Å². The molecule has 3 aromatic rings. The zero-order chi connectivity index (χ0) is 28.1. The fourth-order valence-electron chi connectivity index (χ4n) is 5.55. The molecule has 1 saturated carbocycles. The maximum Gasteiger partial charge on any atom is 0.305 e. The summed E-state index contributed by atoms with van der Waals surface area (Å²) < 4.78 is 17.2. The highest BCUT2D eigenvalue weighted by Crippen LogP contribution is 2.29. The number of aryl methyl sites for hydroxylation is 1. The van der Waals surface area contributed by atoms with Gasteiger partial charge in [-0.3, -0.25) is 14.4 Å². The van der Waals surface area contributed by atoms with Crippen molar-refractivity contribution in [1.29, 1.82) is 0 Å². The predicted molar refractivity (Wildman–Crippen MR) is 152 cm³/mol. The van der Waals surface area contributed by atoms with E-state index in [1.54, 1.807) is 24.4 Å². The minimum atomic E-state index is -1.08. The number of pyridine rings is 1. The van der Waals surface area contributed by atoms with Gasteiger partial charge in [0.1, 0.15) is 11.4 Å². The molecule has 1 aliphatic rings. The summed E-state index contributed by atoms with van der Waals surface area (Å²) in [7, 11) is 0. The standard InChI is InChI=1S/C31H38FN3O4/c1-4-22(5-2)35-18-24(31(39)34-26(17-29(36)37)20-13-11-19(3)12-14-20)30(38)23-15-25(32)27(16-28(23)35)33-21-9-7-6-8-10-21/h11-16,18,21-22,26,33H,4-10,17H2,1-3H3,(H,34,39)(H,36,37). The van der Waals surface area contributed by atoms with Crippen LogP contribution in [0.2, 0.25) is 0 Å². The number of carbonyl (C=O) groups excluding carboxylic acids is 1.